The lowest BCUT2D eigenvalue weighted by atomic mass is 9.68. The van der Waals surface area contributed by atoms with E-state index in [-0.39, 0.29) is 35.8 Å². The summed E-state index contributed by atoms with van der Waals surface area (Å²) in [5.74, 6) is -0.349. The van der Waals surface area contributed by atoms with E-state index in [0.717, 1.165) is 12.1 Å². The molecule has 2 aromatic carbocycles. The Morgan fingerprint density at radius 1 is 1.12 bits per heavy atom. The third kappa shape index (κ3) is 2.23. The Bertz CT molecular complexity index is 938. The molecule has 2 aromatic rings. The zero-order valence-electron chi connectivity index (χ0n) is 13.8. The summed E-state index contributed by atoms with van der Waals surface area (Å²) in [5, 5.41) is 0. The Kier molecular flexibility index (Phi) is 3.41. The summed E-state index contributed by atoms with van der Waals surface area (Å²) < 4.78 is 45.4. The number of ether oxygens (including phenoxy) is 1. The van der Waals surface area contributed by atoms with Crippen molar-refractivity contribution >= 4 is 17.4 Å². The SMILES string of the molecule is CN1C(=O)C[C@]2(COc3ccccc3C2=O)c2cc(C(F)(F)F)ccc21. The molecule has 134 valence electrons. The van der Waals surface area contributed by atoms with Gasteiger partial charge in [0.05, 0.1) is 11.1 Å². The van der Waals surface area contributed by atoms with Gasteiger partial charge in [0.25, 0.3) is 0 Å². The molecular weight excluding hydrogens is 347 g/mol. The molecule has 0 unspecified atom stereocenters. The average molecular weight is 361 g/mol. The van der Waals surface area contributed by atoms with Crippen LogP contribution in [-0.2, 0) is 16.4 Å². The van der Waals surface area contributed by atoms with Crippen molar-refractivity contribution in [2.45, 2.75) is 18.0 Å². The molecule has 0 N–H and O–H groups in total. The van der Waals surface area contributed by atoms with Gasteiger partial charge in [0.15, 0.2) is 5.78 Å². The topological polar surface area (TPSA) is 46.6 Å². The zero-order chi connectivity index (χ0) is 18.7. The van der Waals surface area contributed by atoms with E-state index in [1.807, 2.05) is 0 Å². The molecule has 0 aromatic heterocycles. The molecule has 0 aliphatic carbocycles. The van der Waals surface area contributed by atoms with Crippen LogP contribution in [-0.4, -0.2) is 25.3 Å². The molecule has 7 heteroatoms. The minimum Gasteiger partial charge on any atom is -0.491 e. The molecule has 1 spiro atoms. The van der Waals surface area contributed by atoms with Crippen LogP contribution in [0.25, 0.3) is 0 Å². The number of Topliss-reactive ketones (excluding diaryl/α,β-unsaturated/α-hetero) is 1. The number of amides is 1. The highest BCUT2D eigenvalue weighted by Gasteiger charge is 2.52. The number of hydrogen-bond acceptors (Lipinski definition) is 3. The van der Waals surface area contributed by atoms with Gasteiger partial charge in [0.1, 0.15) is 17.8 Å². The molecule has 2 aliphatic rings. The molecule has 2 heterocycles. The lowest BCUT2D eigenvalue weighted by Crippen LogP contribution is -2.52. The number of anilines is 1. The summed E-state index contributed by atoms with van der Waals surface area (Å²) in [6.07, 6.45) is -4.78. The van der Waals surface area contributed by atoms with Gasteiger partial charge in [-0.15, -0.1) is 0 Å². The van der Waals surface area contributed by atoms with Crippen molar-refractivity contribution < 1.29 is 27.5 Å². The first kappa shape index (κ1) is 16.6. The van der Waals surface area contributed by atoms with Crippen LogP contribution in [0, 0.1) is 0 Å². The van der Waals surface area contributed by atoms with Crippen LogP contribution in [0.5, 0.6) is 5.75 Å². The first-order valence-electron chi connectivity index (χ1n) is 7.99. The summed E-state index contributed by atoms with van der Waals surface area (Å²) in [6.45, 7) is -0.170. The monoisotopic (exact) mass is 361 g/mol. The summed E-state index contributed by atoms with van der Waals surface area (Å²) in [6, 6.07) is 9.68. The summed E-state index contributed by atoms with van der Waals surface area (Å²) in [5.41, 5.74) is -1.56. The minimum absolute atomic E-state index is 0.170. The van der Waals surface area contributed by atoms with Gasteiger partial charge >= 0.3 is 6.18 Å². The van der Waals surface area contributed by atoms with Crippen molar-refractivity contribution in [3.05, 3.63) is 59.2 Å². The molecule has 0 bridgehead atoms. The maximum absolute atomic E-state index is 13.2. The second kappa shape index (κ2) is 5.33. The maximum atomic E-state index is 13.2. The van der Waals surface area contributed by atoms with Crippen LogP contribution >= 0.6 is 0 Å². The number of benzene rings is 2. The van der Waals surface area contributed by atoms with Gasteiger partial charge < -0.3 is 9.64 Å². The van der Waals surface area contributed by atoms with Gasteiger partial charge in [0, 0.05) is 19.2 Å². The number of nitrogens with zero attached hydrogens (tertiary/aromatic N) is 1. The lowest BCUT2D eigenvalue weighted by molar-refractivity contribution is -0.137. The second-order valence-corrected chi connectivity index (χ2v) is 6.56. The minimum atomic E-state index is -4.55. The lowest BCUT2D eigenvalue weighted by Gasteiger charge is -2.42. The number of ketones is 1. The first-order chi connectivity index (χ1) is 12.2. The molecule has 1 amide bonds. The Balaban J connectivity index is 1.95. The van der Waals surface area contributed by atoms with Crippen molar-refractivity contribution in [3.8, 4) is 5.75 Å². The molecule has 0 saturated heterocycles. The van der Waals surface area contributed by atoms with E-state index in [0.29, 0.717) is 11.4 Å². The van der Waals surface area contributed by atoms with Crippen LogP contribution in [0.4, 0.5) is 18.9 Å². The van der Waals surface area contributed by atoms with Crippen molar-refractivity contribution in [1.82, 2.24) is 0 Å². The number of halogens is 3. The van der Waals surface area contributed by atoms with Gasteiger partial charge in [-0.2, -0.15) is 13.2 Å². The smallest absolute Gasteiger partial charge is 0.416 e. The molecular formula is C19H14F3NO3. The third-order valence-electron chi connectivity index (χ3n) is 5.07. The largest absolute Gasteiger partial charge is 0.491 e. The van der Waals surface area contributed by atoms with E-state index >= 15 is 0 Å². The van der Waals surface area contributed by atoms with Gasteiger partial charge in [-0.25, -0.2) is 0 Å². The summed E-state index contributed by atoms with van der Waals surface area (Å²) >= 11 is 0. The Labute approximate surface area is 147 Å². The van der Waals surface area contributed by atoms with Crippen LogP contribution in [0.15, 0.2) is 42.5 Å². The van der Waals surface area contributed by atoms with Crippen LogP contribution in [0.1, 0.15) is 27.9 Å². The number of carbonyl (C=O) groups excluding carboxylic acids is 2. The summed E-state index contributed by atoms with van der Waals surface area (Å²) in [4.78, 5) is 27.0. The fourth-order valence-electron chi connectivity index (χ4n) is 3.63. The quantitative estimate of drug-likeness (QED) is 0.721. The molecule has 0 fully saturated rings. The van der Waals surface area contributed by atoms with E-state index in [1.165, 1.54) is 18.0 Å². The van der Waals surface area contributed by atoms with Crippen molar-refractivity contribution in [1.29, 1.82) is 0 Å². The number of para-hydroxylation sites is 1. The fraction of sp³-hybridized carbons (Fsp3) is 0.263. The number of carbonyl (C=O) groups is 2. The molecule has 4 rings (SSSR count). The predicted molar refractivity (Wildman–Crippen MR) is 87.4 cm³/mol. The molecule has 1 atom stereocenters. The Morgan fingerprint density at radius 2 is 1.85 bits per heavy atom. The van der Waals surface area contributed by atoms with E-state index in [4.69, 9.17) is 4.74 Å². The number of hydrogen-bond donors (Lipinski definition) is 0. The van der Waals surface area contributed by atoms with Crippen molar-refractivity contribution in [3.63, 3.8) is 0 Å². The Morgan fingerprint density at radius 3 is 2.58 bits per heavy atom. The molecule has 0 saturated carbocycles. The van der Waals surface area contributed by atoms with Crippen molar-refractivity contribution in [2.75, 3.05) is 18.6 Å². The van der Waals surface area contributed by atoms with E-state index < -0.39 is 17.2 Å². The van der Waals surface area contributed by atoms with Crippen LogP contribution in [0.3, 0.4) is 0 Å². The first-order valence-corrected chi connectivity index (χ1v) is 7.99. The van der Waals surface area contributed by atoms with E-state index in [2.05, 4.69) is 0 Å². The second-order valence-electron chi connectivity index (χ2n) is 6.56. The number of alkyl halides is 3. The zero-order valence-corrected chi connectivity index (χ0v) is 13.8. The third-order valence-corrected chi connectivity index (χ3v) is 5.07. The van der Waals surface area contributed by atoms with Gasteiger partial charge in [-0.3, -0.25) is 9.59 Å². The normalized spacial score (nSPS) is 22.1. The maximum Gasteiger partial charge on any atom is 0.416 e. The highest BCUT2D eigenvalue weighted by Crippen LogP contribution is 2.47. The fourth-order valence-corrected chi connectivity index (χ4v) is 3.63. The van der Waals surface area contributed by atoms with Gasteiger partial charge in [-0.05, 0) is 35.9 Å². The summed E-state index contributed by atoms with van der Waals surface area (Å²) in [7, 11) is 1.49. The highest BCUT2D eigenvalue weighted by atomic mass is 19.4. The highest BCUT2D eigenvalue weighted by molar-refractivity contribution is 6.13. The number of fused-ring (bicyclic) bond motifs is 3. The molecule has 26 heavy (non-hydrogen) atoms. The van der Waals surface area contributed by atoms with E-state index in [9.17, 15) is 22.8 Å². The average Bonchev–Trinajstić information content (AvgIpc) is 2.62. The van der Waals surface area contributed by atoms with Gasteiger partial charge in [-0.1, -0.05) is 12.1 Å². The van der Waals surface area contributed by atoms with Crippen LogP contribution in [0.2, 0.25) is 0 Å². The van der Waals surface area contributed by atoms with Gasteiger partial charge in [0.2, 0.25) is 5.91 Å². The van der Waals surface area contributed by atoms with Crippen LogP contribution < -0.4 is 9.64 Å². The van der Waals surface area contributed by atoms with Crippen molar-refractivity contribution in [2.24, 2.45) is 0 Å². The molecule has 4 nitrogen and oxygen atoms in total. The number of rotatable bonds is 0. The predicted octanol–water partition coefficient (Wildman–Crippen LogP) is 3.59. The Hall–Kier alpha value is -2.83. The molecule has 2 aliphatic heterocycles. The standard InChI is InChI=1S/C19H14F3NO3/c1-23-14-7-6-11(19(20,21)22)8-13(14)18(9-16(23)24)10-26-15-5-3-2-4-12(15)17(18)25/h2-8H,9-10H2,1H3/t18-/m0/s1. The molecule has 0 radical (unpaired) electrons. The van der Waals surface area contributed by atoms with E-state index in [1.54, 1.807) is 24.3 Å².